The van der Waals surface area contributed by atoms with E-state index in [1.54, 1.807) is 6.07 Å². The fourth-order valence-corrected chi connectivity index (χ4v) is 5.11. The standard InChI is InChI=1S/C21H32N2O5S/c1-15(2)20(21(24)22-16-8-5-3-4-6-9-16)23-29(25,26)17-10-11-18-19(14-17)28-13-7-12-27-18/h10-11,14-16,20,23H,3-9,12-13H2,1-2H3,(H,22,24)/t20-/m1/s1. The molecule has 0 saturated heterocycles. The summed E-state index contributed by atoms with van der Waals surface area (Å²) in [5.74, 6) is 0.503. The number of carbonyl (C=O) groups excluding carboxylic acids is 1. The van der Waals surface area contributed by atoms with E-state index in [4.69, 9.17) is 9.47 Å². The predicted molar refractivity (Wildman–Crippen MR) is 111 cm³/mol. The molecular weight excluding hydrogens is 392 g/mol. The molecule has 2 aliphatic rings. The van der Waals surface area contributed by atoms with Crippen LogP contribution in [0.3, 0.4) is 0 Å². The van der Waals surface area contributed by atoms with Crippen molar-refractivity contribution in [1.29, 1.82) is 0 Å². The largest absolute Gasteiger partial charge is 0.490 e. The first-order valence-electron chi connectivity index (χ1n) is 10.6. The third kappa shape index (κ3) is 5.85. The lowest BCUT2D eigenvalue weighted by Gasteiger charge is -2.25. The molecule has 1 aromatic rings. The second-order valence-electron chi connectivity index (χ2n) is 8.20. The smallest absolute Gasteiger partial charge is 0.241 e. The van der Waals surface area contributed by atoms with Gasteiger partial charge in [-0.2, -0.15) is 4.72 Å². The zero-order valence-electron chi connectivity index (χ0n) is 17.3. The zero-order valence-corrected chi connectivity index (χ0v) is 18.1. The lowest BCUT2D eigenvalue weighted by atomic mass is 10.0. The van der Waals surface area contributed by atoms with Gasteiger partial charge in [0.05, 0.1) is 18.1 Å². The second kappa shape index (κ2) is 9.80. The van der Waals surface area contributed by atoms with Crippen molar-refractivity contribution in [2.45, 2.75) is 75.8 Å². The lowest BCUT2D eigenvalue weighted by molar-refractivity contribution is -0.124. The minimum atomic E-state index is -3.89. The average molecular weight is 425 g/mol. The summed E-state index contributed by atoms with van der Waals surface area (Å²) in [5, 5.41) is 3.06. The Morgan fingerprint density at radius 1 is 1.00 bits per heavy atom. The highest BCUT2D eigenvalue weighted by molar-refractivity contribution is 7.89. The minimum absolute atomic E-state index is 0.0645. The van der Waals surface area contributed by atoms with Gasteiger partial charge in [-0.25, -0.2) is 8.42 Å². The van der Waals surface area contributed by atoms with Crippen LogP contribution in [0.1, 0.15) is 58.8 Å². The van der Waals surface area contributed by atoms with E-state index in [9.17, 15) is 13.2 Å². The topological polar surface area (TPSA) is 93.7 Å². The normalized spacial score (nSPS) is 19.3. The van der Waals surface area contributed by atoms with E-state index in [-0.39, 0.29) is 22.8 Å². The van der Waals surface area contributed by atoms with Gasteiger partial charge in [-0.15, -0.1) is 0 Å². The fourth-order valence-electron chi connectivity index (χ4n) is 3.75. The summed E-state index contributed by atoms with van der Waals surface area (Å²) in [6.45, 7) is 4.69. The Kier molecular flexibility index (Phi) is 7.40. The van der Waals surface area contributed by atoms with Crippen LogP contribution in [0.4, 0.5) is 0 Å². The van der Waals surface area contributed by atoms with Crippen LogP contribution in [0.25, 0.3) is 0 Å². The van der Waals surface area contributed by atoms with Crippen molar-refractivity contribution >= 4 is 15.9 Å². The zero-order chi connectivity index (χ0) is 20.9. The first-order valence-corrected chi connectivity index (χ1v) is 12.1. The van der Waals surface area contributed by atoms with Crippen molar-refractivity contribution in [3.05, 3.63) is 18.2 Å². The summed E-state index contributed by atoms with van der Waals surface area (Å²) < 4.78 is 39.7. The van der Waals surface area contributed by atoms with Crippen molar-refractivity contribution in [3.63, 3.8) is 0 Å². The van der Waals surface area contributed by atoms with Crippen LogP contribution in [-0.2, 0) is 14.8 Å². The van der Waals surface area contributed by atoms with Crippen LogP contribution < -0.4 is 19.5 Å². The highest BCUT2D eigenvalue weighted by atomic mass is 32.2. The molecule has 0 unspecified atom stereocenters. The molecule has 1 fully saturated rings. The highest BCUT2D eigenvalue weighted by Crippen LogP contribution is 2.32. The number of carbonyl (C=O) groups is 1. The summed E-state index contributed by atoms with van der Waals surface area (Å²) >= 11 is 0. The Labute approximate surface area is 173 Å². The van der Waals surface area contributed by atoms with E-state index in [2.05, 4.69) is 10.0 Å². The van der Waals surface area contributed by atoms with Gasteiger partial charge in [0.15, 0.2) is 11.5 Å². The molecule has 162 valence electrons. The molecule has 29 heavy (non-hydrogen) atoms. The quantitative estimate of drug-likeness (QED) is 0.685. The molecule has 0 bridgehead atoms. The van der Waals surface area contributed by atoms with Gasteiger partial charge in [0.25, 0.3) is 0 Å². The maximum atomic E-state index is 13.0. The SMILES string of the molecule is CC(C)[C@@H](NS(=O)(=O)c1ccc2c(c1)OCCCO2)C(=O)NC1CCCCCC1. The van der Waals surface area contributed by atoms with Crippen LogP contribution in [0.15, 0.2) is 23.1 Å². The van der Waals surface area contributed by atoms with E-state index in [1.165, 1.54) is 25.0 Å². The van der Waals surface area contributed by atoms with Crippen LogP contribution in [0, 0.1) is 5.92 Å². The minimum Gasteiger partial charge on any atom is -0.490 e. The summed E-state index contributed by atoms with van der Waals surface area (Å²) in [6, 6.07) is 3.83. The number of benzene rings is 1. The van der Waals surface area contributed by atoms with Crippen LogP contribution in [0.2, 0.25) is 0 Å². The molecule has 1 amide bonds. The fraction of sp³-hybridized carbons (Fsp3) is 0.667. The molecule has 0 aromatic heterocycles. The first kappa shape index (κ1) is 21.9. The van der Waals surface area contributed by atoms with E-state index >= 15 is 0 Å². The van der Waals surface area contributed by atoms with Crippen LogP contribution in [-0.4, -0.2) is 39.6 Å². The van der Waals surface area contributed by atoms with Crippen molar-refractivity contribution in [3.8, 4) is 11.5 Å². The summed E-state index contributed by atoms with van der Waals surface area (Å²) in [7, 11) is -3.89. The molecule has 0 radical (unpaired) electrons. The molecule has 0 spiro atoms. The van der Waals surface area contributed by atoms with E-state index in [1.807, 2.05) is 13.8 Å². The molecule has 1 aliphatic heterocycles. The van der Waals surface area contributed by atoms with Crippen molar-refractivity contribution in [2.75, 3.05) is 13.2 Å². The summed E-state index contributed by atoms with van der Waals surface area (Å²) in [6.07, 6.45) is 7.22. The molecule has 1 aliphatic carbocycles. The Hall–Kier alpha value is -1.80. The summed E-state index contributed by atoms with van der Waals surface area (Å²) in [4.78, 5) is 12.9. The van der Waals surface area contributed by atoms with E-state index < -0.39 is 16.1 Å². The molecule has 3 rings (SSSR count). The molecule has 1 heterocycles. The monoisotopic (exact) mass is 424 g/mol. The second-order valence-corrected chi connectivity index (χ2v) is 9.91. The first-order chi connectivity index (χ1) is 13.9. The Bertz CT molecular complexity index is 801. The van der Waals surface area contributed by atoms with Crippen molar-refractivity contribution in [2.24, 2.45) is 5.92 Å². The molecule has 2 N–H and O–H groups in total. The maximum absolute atomic E-state index is 13.0. The highest BCUT2D eigenvalue weighted by Gasteiger charge is 2.30. The van der Waals surface area contributed by atoms with Crippen molar-refractivity contribution in [1.82, 2.24) is 10.0 Å². The Morgan fingerprint density at radius 2 is 1.66 bits per heavy atom. The van der Waals surface area contributed by atoms with Crippen LogP contribution >= 0.6 is 0 Å². The number of amides is 1. The van der Waals surface area contributed by atoms with E-state index in [0.717, 1.165) is 32.1 Å². The Balaban J connectivity index is 1.73. The summed E-state index contributed by atoms with van der Waals surface area (Å²) in [5.41, 5.74) is 0. The number of hydrogen-bond acceptors (Lipinski definition) is 5. The maximum Gasteiger partial charge on any atom is 0.241 e. The third-order valence-corrected chi connectivity index (χ3v) is 6.90. The van der Waals surface area contributed by atoms with E-state index in [0.29, 0.717) is 24.7 Å². The number of hydrogen-bond donors (Lipinski definition) is 2. The van der Waals surface area contributed by atoms with Gasteiger partial charge in [0.1, 0.15) is 6.04 Å². The molecule has 1 atom stereocenters. The molecule has 7 nitrogen and oxygen atoms in total. The number of sulfonamides is 1. The van der Waals surface area contributed by atoms with Gasteiger partial charge < -0.3 is 14.8 Å². The molecule has 1 saturated carbocycles. The molecular formula is C21H32N2O5S. The molecule has 1 aromatic carbocycles. The third-order valence-electron chi connectivity index (χ3n) is 5.46. The number of nitrogens with one attached hydrogen (secondary N) is 2. The number of ether oxygens (including phenoxy) is 2. The predicted octanol–water partition coefficient (Wildman–Crippen LogP) is 2.99. The average Bonchev–Trinajstić information content (AvgIpc) is 3.08. The van der Waals surface area contributed by atoms with Gasteiger partial charge in [-0.1, -0.05) is 39.5 Å². The number of fused-ring (bicyclic) bond motifs is 1. The van der Waals surface area contributed by atoms with Crippen LogP contribution in [0.5, 0.6) is 11.5 Å². The van der Waals surface area contributed by atoms with Gasteiger partial charge in [-0.05, 0) is 30.9 Å². The van der Waals surface area contributed by atoms with Gasteiger partial charge in [0.2, 0.25) is 15.9 Å². The Morgan fingerprint density at radius 3 is 2.31 bits per heavy atom. The lowest BCUT2D eigenvalue weighted by Crippen LogP contribution is -2.51. The van der Waals surface area contributed by atoms with Gasteiger partial charge in [-0.3, -0.25) is 4.79 Å². The van der Waals surface area contributed by atoms with Gasteiger partial charge in [0, 0.05) is 18.5 Å². The molecule has 8 heteroatoms. The van der Waals surface area contributed by atoms with Gasteiger partial charge >= 0.3 is 0 Å². The number of rotatable bonds is 6. The van der Waals surface area contributed by atoms with Crippen molar-refractivity contribution < 1.29 is 22.7 Å².